The first-order valence-corrected chi connectivity index (χ1v) is 6.58. The molecular formula is C13H26N2. The summed E-state index contributed by atoms with van der Waals surface area (Å²) in [6.45, 7) is 3.80. The van der Waals surface area contributed by atoms with Gasteiger partial charge in [-0.3, -0.25) is 0 Å². The SMILES string of the molecule is CN(C)CCC1(C2CCNCC2)CCC1. The van der Waals surface area contributed by atoms with Crippen LogP contribution in [0, 0.1) is 11.3 Å². The molecule has 0 aromatic carbocycles. The zero-order valence-electron chi connectivity index (χ0n) is 10.4. The molecule has 0 aromatic rings. The van der Waals surface area contributed by atoms with Gasteiger partial charge in [0.25, 0.3) is 0 Å². The standard InChI is InChI=1S/C13H26N2/c1-15(2)11-8-13(6-3-7-13)12-4-9-14-10-5-12/h12,14H,3-11H2,1-2H3. The van der Waals surface area contributed by atoms with Crippen LogP contribution in [0.4, 0.5) is 0 Å². The molecule has 2 rings (SSSR count). The van der Waals surface area contributed by atoms with Gasteiger partial charge in [-0.15, -0.1) is 0 Å². The summed E-state index contributed by atoms with van der Waals surface area (Å²) in [5.41, 5.74) is 0.742. The molecule has 2 heteroatoms. The monoisotopic (exact) mass is 210 g/mol. The molecule has 1 heterocycles. The summed E-state index contributed by atoms with van der Waals surface area (Å²) in [4.78, 5) is 2.35. The third-order valence-corrected chi connectivity index (χ3v) is 4.61. The van der Waals surface area contributed by atoms with Crippen molar-refractivity contribution in [3.63, 3.8) is 0 Å². The molecule has 0 unspecified atom stereocenters. The second-order valence-electron chi connectivity index (χ2n) is 5.79. The Morgan fingerprint density at radius 1 is 1.20 bits per heavy atom. The molecule has 1 aliphatic heterocycles. The minimum Gasteiger partial charge on any atom is -0.317 e. The van der Waals surface area contributed by atoms with Gasteiger partial charge in [-0.1, -0.05) is 6.42 Å². The highest BCUT2D eigenvalue weighted by Gasteiger charge is 2.43. The third kappa shape index (κ3) is 2.54. The average molecular weight is 210 g/mol. The number of hydrogen-bond donors (Lipinski definition) is 1. The largest absolute Gasteiger partial charge is 0.317 e. The Labute approximate surface area is 94.4 Å². The van der Waals surface area contributed by atoms with Gasteiger partial charge in [0.05, 0.1) is 0 Å². The summed E-state index contributed by atoms with van der Waals surface area (Å²) in [5.74, 6) is 1.02. The van der Waals surface area contributed by atoms with Gasteiger partial charge in [0.1, 0.15) is 0 Å². The minimum absolute atomic E-state index is 0.742. The van der Waals surface area contributed by atoms with Gasteiger partial charge in [0.2, 0.25) is 0 Å². The smallest absolute Gasteiger partial charge is 0.00194 e. The fraction of sp³-hybridized carbons (Fsp3) is 1.00. The van der Waals surface area contributed by atoms with Gasteiger partial charge < -0.3 is 10.2 Å². The number of hydrogen-bond acceptors (Lipinski definition) is 2. The van der Waals surface area contributed by atoms with E-state index >= 15 is 0 Å². The summed E-state index contributed by atoms with van der Waals surface area (Å²) in [6, 6.07) is 0. The van der Waals surface area contributed by atoms with E-state index in [9.17, 15) is 0 Å². The van der Waals surface area contributed by atoms with Crippen molar-refractivity contribution in [2.24, 2.45) is 11.3 Å². The first-order chi connectivity index (χ1) is 7.23. The van der Waals surface area contributed by atoms with Crippen molar-refractivity contribution in [1.82, 2.24) is 10.2 Å². The second-order valence-corrected chi connectivity index (χ2v) is 5.79. The predicted molar refractivity (Wildman–Crippen MR) is 65.0 cm³/mol. The van der Waals surface area contributed by atoms with Gasteiger partial charge >= 0.3 is 0 Å². The molecule has 2 fully saturated rings. The van der Waals surface area contributed by atoms with E-state index in [4.69, 9.17) is 0 Å². The predicted octanol–water partition coefficient (Wildman–Crippen LogP) is 2.11. The van der Waals surface area contributed by atoms with E-state index in [1.165, 1.54) is 58.2 Å². The Kier molecular flexibility index (Phi) is 3.68. The van der Waals surface area contributed by atoms with Crippen LogP contribution in [0.25, 0.3) is 0 Å². The van der Waals surface area contributed by atoms with E-state index in [1.807, 2.05) is 0 Å². The fourth-order valence-electron chi connectivity index (χ4n) is 3.37. The van der Waals surface area contributed by atoms with E-state index in [0.717, 1.165) is 11.3 Å². The molecule has 0 spiro atoms. The van der Waals surface area contributed by atoms with Crippen LogP contribution in [-0.2, 0) is 0 Å². The number of nitrogens with zero attached hydrogens (tertiary/aromatic N) is 1. The van der Waals surface area contributed by atoms with E-state index < -0.39 is 0 Å². The maximum atomic E-state index is 3.49. The van der Waals surface area contributed by atoms with Crippen LogP contribution in [0.3, 0.4) is 0 Å². The van der Waals surface area contributed by atoms with Crippen molar-refractivity contribution < 1.29 is 0 Å². The quantitative estimate of drug-likeness (QED) is 0.764. The normalized spacial score (nSPS) is 26.6. The van der Waals surface area contributed by atoms with E-state index in [0.29, 0.717) is 0 Å². The Balaban J connectivity index is 1.88. The highest BCUT2D eigenvalue weighted by molar-refractivity contribution is 4.95. The molecular weight excluding hydrogens is 184 g/mol. The summed E-state index contributed by atoms with van der Waals surface area (Å²) in [6.07, 6.45) is 8.78. The zero-order valence-corrected chi connectivity index (χ0v) is 10.4. The molecule has 1 N–H and O–H groups in total. The number of piperidine rings is 1. The van der Waals surface area contributed by atoms with Crippen LogP contribution in [0.2, 0.25) is 0 Å². The number of nitrogens with one attached hydrogen (secondary N) is 1. The maximum Gasteiger partial charge on any atom is -0.00194 e. The number of rotatable bonds is 4. The lowest BCUT2D eigenvalue weighted by Gasteiger charge is -2.50. The van der Waals surface area contributed by atoms with Crippen LogP contribution in [0.1, 0.15) is 38.5 Å². The Bertz CT molecular complexity index is 191. The molecule has 0 aromatic heterocycles. The topological polar surface area (TPSA) is 15.3 Å². The van der Waals surface area contributed by atoms with Gasteiger partial charge in [-0.05, 0) is 77.2 Å². The maximum absolute atomic E-state index is 3.49. The van der Waals surface area contributed by atoms with Crippen molar-refractivity contribution in [3.05, 3.63) is 0 Å². The fourth-order valence-corrected chi connectivity index (χ4v) is 3.37. The highest BCUT2D eigenvalue weighted by Crippen LogP contribution is 2.52. The van der Waals surface area contributed by atoms with E-state index in [1.54, 1.807) is 0 Å². The van der Waals surface area contributed by atoms with Gasteiger partial charge in [-0.25, -0.2) is 0 Å². The van der Waals surface area contributed by atoms with Crippen LogP contribution < -0.4 is 5.32 Å². The first-order valence-electron chi connectivity index (χ1n) is 6.58. The summed E-state index contributed by atoms with van der Waals surface area (Å²) in [5, 5.41) is 3.49. The lowest BCUT2D eigenvalue weighted by atomic mass is 9.57. The molecule has 0 atom stereocenters. The second kappa shape index (κ2) is 4.84. The molecule has 0 bridgehead atoms. The molecule has 88 valence electrons. The van der Waals surface area contributed by atoms with Gasteiger partial charge in [0, 0.05) is 0 Å². The molecule has 1 aliphatic carbocycles. The Hall–Kier alpha value is -0.0800. The van der Waals surface area contributed by atoms with Crippen LogP contribution in [-0.4, -0.2) is 38.6 Å². The summed E-state index contributed by atoms with van der Waals surface area (Å²) >= 11 is 0. The van der Waals surface area contributed by atoms with Gasteiger partial charge in [-0.2, -0.15) is 0 Å². The lowest BCUT2D eigenvalue weighted by molar-refractivity contribution is 0.0143. The lowest BCUT2D eigenvalue weighted by Crippen LogP contribution is -2.44. The van der Waals surface area contributed by atoms with E-state index in [-0.39, 0.29) is 0 Å². The van der Waals surface area contributed by atoms with Crippen LogP contribution >= 0.6 is 0 Å². The van der Waals surface area contributed by atoms with E-state index in [2.05, 4.69) is 24.3 Å². The molecule has 1 saturated carbocycles. The van der Waals surface area contributed by atoms with Crippen molar-refractivity contribution in [3.8, 4) is 0 Å². The molecule has 2 nitrogen and oxygen atoms in total. The highest BCUT2D eigenvalue weighted by atomic mass is 15.0. The van der Waals surface area contributed by atoms with Crippen molar-refractivity contribution in [2.75, 3.05) is 33.7 Å². The van der Waals surface area contributed by atoms with Crippen LogP contribution in [0.5, 0.6) is 0 Å². The van der Waals surface area contributed by atoms with Crippen molar-refractivity contribution in [1.29, 1.82) is 0 Å². The Morgan fingerprint density at radius 3 is 2.33 bits per heavy atom. The molecule has 0 amide bonds. The Morgan fingerprint density at radius 2 is 1.87 bits per heavy atom. The minimum atomic E-state index is 0.742. The molecule has 0 radical (unpaired) electrons. The summed E-state index contributed by atoms with van der Waals surface area (Å²) < 4.78 is 0. The molecule has 1 saturated heterocycles. The first kappa shape index (κ1) is 11.4. The molecule has 15 heavy (non-hydrogen) atoms. The molecule has 2 aliphatic rings. The third-order valence-electron chi connectivity index (χ3n) is 4.61. The zero-order chi connectivity index (χ0) is 10.7. The van der Waals surface area contributed by atoms with Crippen molar-refractivity contribution >= 4 is 0 Å². The van der Waals surface area contributed by atoms with Crippen LogP contribution in [0.15, 0.2) is 0 Å². The average Bonchev–Trinajstić information content (AvgIpc) is 2.17. The van der Waals surface area contributed by atoms with Crippen molar-refractivity contribution in [2.45, 2.75) is 38.5 Å². The summed E-state index contributed by atoms with van der Waals surface area (Å²) in [7, 11) is 4.41. The van der Waals surface area contributed by atoms with Gasteiger partial charge in [0.15, 0.2) is 0 Å².